The predicted molar refractivity (Wildman–Crippen MR) is 77.6 cm³/mol. The van der Waals surface area contributed by atoms with E-state index in [0.717, 1.165) is 35.7 Å². The van der Waals surface area contributed by atoms with Crippen LogP contribution in [0.15, 0.2) is 36.7 Å². The molecule has 0 fully saturated rings. The highest BCUT2D eigenvalue weighted by molar-refractivity contribution is 5.41. The van der Waals surface area contributed by atoms with E-state index in [0.29, 0.717) is 0 Å². The summed E-state index contributed by atoms with van der Waals surface area (Å²) in [5.41, 5.74) is 3.46. The van der Waals surface area contributed by atoms with E-state index >= 15 is 0 Å². The van der Waals surface area contributed by atoms with Gasteiger partial charge in [-0.1, -0.05) is 24.6 Å². The van der Waals surface area contributed by atoms with Crippen molar-refractivity contribution < 1.29 is 4.74 Å². The SMILES string of the molecule is CCNCc1cnccc1Oc1ccc(C)cc1C. The summed E-state index contributed by atoms with van der Waals surface area (Å²) in [5, 5.41) is 3.29. The Labute approximate surface area is 114 Å². The first-order chi connectivity index (χ1) is 9.20. The largest absolute Gasteiger partial charge is 0.457 e. The van der Waals surface area contributed by atoms with Crippen molar-refractivity contribution in [3.05, 3.63) is 53.3 Å². The summed E-state index contributed by atoms with van der Waals surface area (Å²) in [6, 6.07) is 8.11. The van der Waals surface area contributed by atoms with Gasteiger partial charge in [0.15, 0.2) is 0 Å². The Morgan fingerprint density at radius 2 is 2.00 bits per heavy atom. The van der Waals surface area contributed by atoms with Crippen LogP contribution in [0.1, 0.15) is 23.6 Å². The molecule has 0 saturated heterocycles. The number of ether oxygens (including phenoxy) is 1. The van der Waals surface area contributed by atoms with Gasteiger partial charge in [0.1, 0.15) is 11.5 Å². The molecule has 1 N–H and O–H groups in total. The lowest BCUT2D eigenvalue weighted by Gasteiger charge is -2.13. The number of aromatic nitrogens is 1. The molecule has 0 unspecified atom stereocenters. The summed E-state index contributed by atoms with van der Waals surface area (Å²) in [5.74, 6) is 1.76. The lowest BCUT2D eigenvalue weighted by Crippen LogP contribution is -2.12. The van der Waals surface area contributed by atoms with Gasteiger partial charge in [-0.15, -0.1) is 0 Å². The molecule has 100 valence electrons. The van der Waals surface area contributed by atoms with E-state index in [1.807, 2.05) is 18.3 Å². The second-order valence-corrected chi connectivity index (χ2v) is 4.63. The summed E-state index contributed by atoms with van der Waals surface area (Å²) in [6.07, 6.45) is 3.61. The van der Waals surface area contributed by atoms with Gasteiger partial charge < -0.3 is 10.1 Å². The molecule has 0 atom stereocenters. The van der Waals surface area contributed by atoms with Gasteiger partial charge in [-0.2, -0.15) is 0 Å². The van der Waals surface area contributed by atoms with E-state index in [2.05, 4.69) is 43.2 Å². The monoisotopic (exact) mass is 256 g/mol. The lowest BCUT2D eigenvalue weighted by atomic mass is 10.1. The van der Waals surface area contributed by atoms with Gasteiger partial charge in [0.25, 0.3) is 0 Å². The molecule has 1 aromatic heterocycles. The smallest absolute Gasteiger partial charge is 0.135 e. The molecule has 1 aromatic carbocycles. The summed E-state index contributed by atoms with van der Waals surface area (Å²) in [4.78, 5) is 4.16. The van der Waals surface area contributed by atoms with Crippen LogP contribution in [0.2, 0.25) is 0 Å². The quantitative estimate of drug-likeness (QED) is 0.887. The lowest BCUT2D eigenvalue weighted by molar-refractivity contribution is 0.468. The maximum Gasteiger partial charge on any atom is 0.135 e. The number of nitrogens with zero attached hydrogens (tertiary/aromatic N) is 1. The molecule has 2 rings (SSSR count). The number of rotatable bonds is 5. The fourth-order valence-corrected chi connectivity index (χ4v) is 1.94. The number of hydrogen-bond acceptors (Lipinski definition) is 3. The van der Waals surface area contributed by atoms with Gasteiger partial charge in [0.2, 0.25) is 0 Å². The first-order valence-electron chi connectivity index (χ1n) is 6.59. The van der Waals surface area contributed by atoms with Crippen LogP contribution < -0.4 is 10.1 Å². The maximum atomic E-state index is 6.01. The molecule has 0 aliphatic heterocycles. The number of aryl methyl sites for hydroxylation is 2. The van der Waals surface area contributed by atoms with Crippen molar-refractivity contribution in [2.45, 2.75) is 27.3 Å². The Morgan fingerprint density at radius 3 is 2.74 bits per heavy atom. The van der Waals surface area contributed by atoms with Crippen LogP contribution in [0.5, 0.6) is 11.5 Å². The molecular weight excluding hydrogens is 236 g/mol. The Hall–Kier alpha value is -1.87. The van der Waals surface area contributed by atoms with Crippen LogP contribution >= 0.6 is 0 Å². The Balaban J connectivity index is 2.22. The molecule has 0 bridgehead atoms. The highest BCUT2D eigenvalue weighted by Crippen LogP contribution is 2.27. The predicted octanol–water partition coefficient (Wildman–Crippen LogP) is 3.60. The van der Waals surface area contributed by atoms with E-state index in [1.165, 1.54) is 5.56 Å². The molecule has 0 spiro atoms. The zero-order chi connectivity index (χ0) is 13.7. The molecule has 0 aliphatic carbocycles. The number of benzene rings is 1. The van der Waals surface area contributed by atoms with Gasteiger partial charge >= 0.3 is 0 Å². The highest BCUT2D eigenvalue weighted by Gasteiger charge is 2.06. The molecule has 3 nitrogen and oxygen atoms in total. The zero-order valence-corrected chi connectivity index (χ0v) is 11.7. The highest BCUT2D eigenvalue weighted by atomic mass is 16.5. The second-order valence-electron chi connectivity index (χ2n) is 4.63. The van der Waals surface area contributed by atoms with Crippen molar-refractivity contribution in [3.63, 3.8) is 0 Å². The summed E-state index contributed by atoms with van der Waals surface area (Å²) < 4.78 is 6.01. The van der Waals surface area contributed by atoms with Crippen molar-refractivity contribution in [3.8, 4) is 11.5 Å². The van der Waals surface area contributed by atoms with Crippen LogP contribution in [0.25, 0.3) is 0 Å². The zero-order valence-electron chi connectivity index (χ0n) is 11.7. The van der Waals surface area contributed by atoms with E-state index in [9.17, 15) is 0 Å². The Bertz CT molecular complexity index is 552. The molecule has 0 aliphatic rings. The Kier molecular flexibility index (Phi) is 4.53. The van der Waals surface area contributed by atoms with E-state index < -0.39 is 0 Å². The molecule has 0 amide bonds. The van der Waals surface area contributed by atoms with Crippen molar-refractivity contribution in [1.82, 2.24) is 10.3 Å². The van der Waals surface area contributed by atoms with Crippen molar-refractivity contribution in [2.75, 3.05) is 6.54 Å². The minimum Gasteiger partial charge on any atom is -0.457 e. The molecule has 3 heteroatoms. The van der Waals surface area contributed by atoms with Crippen LogP contribution in [0.4, 0.5) is 0 Å². The fraction of sp³-hybridized carbons (Fsp3) is 0.312. The molecular formula is C16H20N2O. The second kappa shape index (κ2) is 6.34. The molecule has 2 aromatic rings. The average molecular weight is 256 g/mol. The number of hydrogen-bond donors (Lipinski definition) is 1. The van der Waals surface area contributed by atoms with Gasteiger partial charge in [-0.3, -0.25) is 4.98 Å². The van der Waals surface area contributed by atoms with Gasteiger partial charge in [0, 0.05) is 24.5 Å². The summed E-state index contributed by atoms with van der Waals surface area (Å²) >= 11 is 0. The molecule has 0 radical (unpaired) electrons. The van der Waals surface area contributed by atoms with E-state index in [4.69, 9.17) is 4.74 Å². The van der Waals surface area contributed by atoms with E-state index in [1.54, 1.807) is 6.20 Å². The van der Waals surface area contributed by atoms with Crippen LogP contribution in [0.3, 0.4) is 0 Å². The topological polar surface area (TPSA) is 34.2 Å². The van der Waals surface area contributed by atoms with Gasteiger partial charge in [-0.05, 0) is 38.1 Å². The Morgan fingerprint density at radius 1 is 1.16 bits per heavy atom. The van der Waals surface area contributed by atoms with Crippen LogP contribution in [-0.4, -0.2) is 11.5 Å². The first kappa shape index (κ1) is 13.6. The number of nitrogens with one attached hydrogen (secondary N) is 1. The molecule has 19 heavy (non-hydrogen) atoms. The molecule has 1 heterocycles. The minimum absolute atomic E-state index is 0.768. The third kappa shape index (κ3) is 3.55. The average Bonchev–Trinajstić information content (AvgIpc) is 2.41. The van der Waals surface area contributed by atoms with Gasteiger partial charge in [-0.25, -0.2) is 0 Å². The third-order valence-electron chi connectivity index (χ3n) is 2.97. The summed E-state index contributed by atoms with van der Waals surface area (Å²) in [7, 11) is 0. The normalized spacial score (nSPS) is 10.5. The van der Waals surface area contributed by atoms with Crippen LogP contribution in [0, 0.1) is 13.8 Å². The van der Waals surface area contributed by atoms with Gasteiger partial charge in [0.05, 0.1) is 0 Å². The fourth-order valence-electron chi connectivity index (χ4n) is 1.94. The van der Waals surface area contributed by atoms with E-state index in [-0.39, 0.29) is 0 Å². The summed E-state index contributed by atoms with van der Waals surface area (Å²) in [6.45, 7) is 7.93. The number of pyridine rings is 1. The minimum atomic E-state index is 0.768. The van der Waals surface area contributed by atoms with Crippen LogP contribution in [-0.2, 0) is 6.54 Å². The molecule has 0 saturated carbocycles. The first-order valence-corrected chi connectivity index (χ1v) is 6.59. The standard InChI is InChI=1S/C16H20N2O/c1-4-17-10-14-11-18-8-7-16(14)19-15-6-5-12(2)9-13(15)3/h5-9,11,17H,4,10H2,1-3H3. The third-order valence-corrected chi connectivity index (χ3v) is 2.97. The van der Waals surface area contributed by atoms with Crippen molar-refractivity contribution in [1.29, 1.82) is 0 Å². The maximum absolute atomic E-state index is 6.01. The van der Waals surface area contributed by atoms with Crippen molar-refractivity contribution in [2.24, 2.45) is 0 Å². The van der Waals surface area contributed by atoms with Crippen molar-refractivity contribution >= 4 is 0 Å².